The van der Waals surface area contributed by atoms with Gasteiger partial charge in [-0.1, -0.05) is 35.4 Å². The van der Waals surface area contributed by atoms with Crippen LogP contribution in [0.25, 0.3) is 6.08 Å². The highest BCUT2D eigenvalue weighted by atomic mass is 35.5. The monoisotopic (exact) mass is 194 g/mol. The van der Waals surface area contributed by atoms with Crippen molar-refractivity contribution < 1.29 is 5.11 Å². The van der Waals surface area contributed by atoms with Crippen LogP contribution in [0.2, 0.25) is 5.02 Å². The lowest BCUT2D eigenvalue weighted by Gasteiger charge is -1.92. The smallest absolute Gasteiger partial charge is 0.0499 e. The maximum Gasteiger partial charge on any atom is 0.0499 e. The van der Waals surface area contributed by atoms with Crippen molar-refractivity contribution in [2.24, 2.45) is 5.92 Å². The van der Waals surface area contributed by atoms with Gasteiger partial charge in [0.2, 0.25) is 0 Å². The number of aliphatic hydroxyl groups excluding tert-OH is 1. The Kier molecular flexibility index (Phi) is 2.38. The summed E-state index contributed by atoms with van der Waals surface area (Å²) in [6, 6.07) is 7.73. The van der Waals surface area contributed by atoms with Gasteiger partial charge in [-0.25, -0.2) is 0 Å². The van der Waals surface area contributed by atoms with Crippen molar-refractivity contribution in [3.63, 3.8) is 0 Å². The fourth-order valence-electron chi connectivity index (χ4n) is 1.36. The summed E-state index contributed by atoms with van der Waals surface area (Å²) in [6.07, 6.45) is 3.16. The zero-order valence-electron chi connectivity index (χ0n) is 7.20. The molecule has 0 spiro atoms. The summed E-state index contributed by atoms with van der Waals surface area (Å²) >= 11 is 5.76. The third kappa shape index (κ3) is 2.11. The average Bonchev–Trinajstić information content (AvgIpc) is 2.88. The highest BCUT2D eigenvalue weighted by Gasteiger charge is 2.27. The first kappa shape index (κ1) is 8.79. The van der Waals surface area contributed by atoms with E-state index < -0.39 is 0 Å². The lowest BCUT2D eigenvalue weighted by atomic mass is 10.2. The van der Waals surface area contributed by atoms with E-state index in [2.05, 4.69) is 6.08 Å². The van der Waals surface area contributed by atoms with E-state index in [-0.39, 0.29) is 6.61 Å². The van der Waals surface area contributed by atoms with Crippen LogP contribution in [0.5, 0.6) is 0 Å². The molecule has 0 saturated heterocycles. The van der Waals surface area contributed by atoms with Gasteiger partial charge in [-0.2, -0.15) is 0 Å². The van der Waals surface area contributed by atoms with E-state index in [1.54, 1.807) is 0 Å². The minimum absolute atomic E-state index is 0.277. The van der Waals surface area contributed by atoms with Crippen molar-refractivity contribution in [1.82, 2.24) is 0 Å². The molecule has 0 aromatic heterocycles. The Hall–Kier alpha value is -0.790. The molecule has 0 amide bonds. The molecule has 1 fully saturated rings. The van der Waals surface area contributed by atoms with Crippen LogP contribution < -0.4 is 0 Å². The van der Waals surface area contributed by atoms with Gasteiger partial charge in [0.15, 0.2) is 0 Å². The molecule has 1 unspecified atom stereocenters. The highest BCUT2D eigenvalue weighted by molar-refractivity contribution is 6.30. The van der Waals surface area contributed by atoms with E-state index >= 15 is 0 Å². The maximum absolute atomic E-state index is 8.84. The van der Waals surface area contributed by atoms with E-state index in [4.69, 9.17) is 16.7 Å². The second kappa shape index (κ2) is 3.52. The number of rotatable bonds is 2. The molecule has 0 aliphatic heterocycles. The van der Waals surface area contributed by atoms with Gasteiger partial charge in [0.25, 0.3) is 0 Å². The molecule has 0 heterocycles. The zero-order valence-corrected chi connectivity index (χ0v) is 7.96. The first-order valence-electron chi connectivity index (χ1n) is 4.36. The number of halogens is 1. The first-order valence-corrected chi connectivity index (χ1v) is 4.74. The fraction of sp³-hybridized carbons (Fsp3) is 0.273. The molecule has 1 saturated carbocycles. The summed E-state index contributed by atoms with van der Waals surface area (Å²) in [4.78, 5) is 0. The Labute approximate surface area is 82.7 Å². The van der Waals surface area contributed by atoms with Gasteiger partial charge in [-0.15, -0.1) is 0 Å². The average molecular weight is 195 g/mol. The van der Waals surface area contributed by atoms with Gasteiger partial charge in [0.05, 0.1) is 0 Å². The lowest BCUT2D eigenvalue weighted by molar-refractivity contribution is 0.281. The van der Waals surface area contributed by atoms with Crippen LogP contribution in [0.1, 0.15) is 12.0 Å². The standard InChI is InChI=1S/C11H11ClO/c12-11-3-1-8(2-4-11)5-9-6-10(9)7-13/h1-5,10,13H,6-7H2/b9-5-. The van der Waals surface area contributed by atoms with Gasteiger partial charge in [0.1, 0.15) is 0 Å². The molecule has 1 aromatic rings. The Bertz CT molecular complexity index is 326. The third-order valence-electron chi connectivity index (χ3n) is 2.29. The SMILES string of the molecule is OCC1C/C1=C/c1ccc(Cl)cc1. The molecule has 1 N–H and O–H groups in total. The number of hydrogen-bond donors (Lipinski definition) is 1. The number of benzene rings is 1. The molecular weight excluding hydrogens is 184 g/mol. The first-order chi connectivity index (χ1) is 6.29. The van der Waals surface area contributed by atoms with E-state index in [0.29, 0.717) is 5.92 Å². The fourth-order valence-corrected chi connectivity index (χ4v) is 1.48. The number of hydrogen-bond acceptors (Lipinski definition) is 1. The Morgan fingerprint density at radius 2 is 2.08 bits per heavy atom. The summed E-state index contributed by atoms with van der Waals surface area (Å²) in [5.74, 6) is 0.413. The summed E-state index contributed by atoms with van der Waals surface area (Å²) in [7, 11) is 0. The van der Waals surface area contributed by atoms with E-state index in [9.17, 15) is 0 Å². The molecular formula is C11H11ClO. The second-order valence-corrected chi connectivity index (χ2v) is 3.79. The molecule has 2 heteroatoms. The minimum atomic E-state index is 0.277. The van der Waals surface area contributed by atoms with Crippen LogP contribution in [0.3, 0.4) is 0 Å². The molecule has 1 atom stereocenters. The molecule has 0 radical (unpaired) electrons. The van der Waals surface area contributed by atoms with Gasteiger partial charge in [-0.05, 0) is 24.1 Å². The molecule has 0 bridgehead atoms. The quantitative estimate of drug-likeness (QED) is 0.768. The minimum Gasteiger partial charge on any atom is -0.396 e. The summed E-state index contributed by atoms with van der Waals surface area (Å²) in [5, 5.41) is 9.60. The Morgan fingerprint density at radius 1 is 1.38 bits per heavy atom. The predicted octanol–water partition coefficient (Wildman–Crippen LogP) is 2.74. The Morgan fingerprint density at radius 3 is 2.62 bits per heavy atom. The molecule has 13 heavy (non-hydrogen) atoms. The van der Waals surface area contributed by atoms with E-state index in [1.165, 1.54) is 5.57 Å². The summed E-state index contributed by atoms with van der Waals surface area (Å²) in [5.41, 5.74) is 2.50. The van der Waals surface area contributed by atoms with Crippen molar-refractivity contribution in [1.29, 1.82) is 0 Å². The predicted molar refractivity (Wildman–Crippen MR) is 54.6 cm³/mol. The van der Waals surface area contributed by atoms with Crippen LogP contribution in [-0.2, 0) is 0 Å². The molecule has 1 aliphatic rings. The molecule has 2 rings (SSSR count). The van der Waals surface area contributed by atoms with Gasteiger partial charge >= 0.3 is 0 Å². The van der Waals surface area contributed by atoms with Crippen molar-refractivity contribution in [2.75, 3.05) is 6.61 Å². The third-order valence-corrected chi connectivity index (χ3v) is 2.54. The largest absolute Gasteiger partial charge is 0.396 e. The van der Waals surface area contributed by atoms with E-state index in [1.807, 2.05) is 24.3 Å². The van der Waals surface area contributed by atoms with Crippen molar-refractivity contribution in [3.8, 4) is 0 Å². The molecule has 1 nitrogen and oxygen atoms in total. The van der Waals surface area contributed by atoms with Crippen LogP contribution in [0, 0.1) is 5.92 Å². The van der Waals surface area contributed by atoms with Gasteiger partial charge < -0.3 is 5.11 Å². The van der Waals surface area contributed by atoms with Crippen LogP contribution in [-0.4, -0.2) is 11.7 Å². The molecule has 1 aromatic carbocycles. The maximum atomic E-state index is 8.84. The normalized spacial score (nSPS) is 23.5. The van der Waals surface area contributed by atoms with E-state index in [0.717, 1.165) is 17.0 Å². The summed E-state index contributed by atoms with van der Waals surface area (Å²) < 4.78 is 0. The highest BCUT2D eigenvalue weighted by Crippen LogP contribution is 2.38. The topological polar surface area (TPSA) is 20.2 Å². The van der Waals surface area contributed by atoms with Crippen molar-refractivity contribution >= 4 is 17.7 Å². The van der Waals surface area contributed by atoms with Gasteiger partial charge in [-0.3, -0.25) is 0 Å². The number of aliphatic hydroxyl groups is 1. The Balaban J connectivity index is 2.11. The summed E-state index contributed by atoms with van der Waals surface area (Å²) in [6.45, 7) is 0.277. The van der Waals surface area contributed by atoms with Gasteiger partial charge in [0, 0.05) is 17.5 Å². The second-order valence-electron chi connectivity index (χ2n) is 3.35. The van der Waals surface area contributed by atoms with Crippen LogP contribution >= 0.6 is 11.6 Å². The van der Waals surface area contributed by atoms with Crippen molar-refractivity contribution in [3.05, 3.63) is 40.4 Å². The molecule has 68 valence electrons. The lowest BCUT2D eigenvalue weighted by Crippen LogP contribution is -1.81. The van der Waals surface area contributed by atoms with Crippen LogP contribution in [0.4, 0.5) is 0 Å². The molecule has 1 aliphatic carbocycles. The van der Waals surface area contributed by atoms with Crippen LogP contribution in [0.15, 0.2) is 29.8 Å². The zero-order chi connectivity index (χ0) is 9.26. The van der Waals surface area contributed by atoms with Crippen molar-refractivity contribution in [2.45, 2.75) is 6.42 Å².